The van der Waals surface area contributed by atoms with Crippen LogP contribution in [-0.2, 0) is 0 Å². The van der Waals surface area contributed by atoms with Crippen molar-refractivity contribution in [2.45, 2.75) is 6.92 Å². The highest BCUT2D eigenvalue weighted by Gasteiger charge is 1.91. The topological polar surface area (TPSA) is 0 Å². The second kappa shape index (κ2) is 3.37. The largest absolute Gasteiger partial charge is 0.149 e. The maximum Gasteiger partial charge on any atom is 0.00865 e. The fraction of sp³-hybridized carbons (Fsp3) is 0.111. The minimum absolute atomic E-state index is 1.30. The molecule has 0 aliphatic rings. The molecule has 0 atom stereocenters. The third-order valence-corrected chi connectivity index (χ3v) is 2.17. The zero-order chi connectivity index (χ0) is 7.40. The standard InChI is InChI=1S/C9H10S/c1-3-4-5-9-6-7-10-8(9)2/h3-7H,1H2,2H3/b5-4-. The zero-order valence-corrected chi connectivity index (χ0v) is 6.82. The molecule has 0 bridgehead atoms. The van der Waals surface area contributed by atoms with Gasteiger partial charge in [-0.2, -0.15) is 0 Å². The lowest BCUT2D eigenvalue weighted by molar-refractivity contribution is 1.60. The van der Waals surface area contributed by atoms with E-state index < -0.39 is 0 Å². The van der Waals surface area contributed by atoms with Crippen molar-refractivity contribution in [3.8, 4) is 0 Å². The summed E-state index contributed by atoms with van der Waals surface area (Å²) in [5.74, 6) is 0. The number of thiophene rings is 1. The molecular weight excluding hydrogens is 140 g/mol. The predicted octanol–water partition coefficient (Wildman–Crippen LogP) is 3.26. The molecule has 0 saturated heterocycles. The van der Waals surface area contributed by atoms with Gasteiger partial charge in [0.25, 0.3) is 0 Å². The van der Waals surface area contributed by atoms with E-state index in [2.05, 4.69) is 31.0 Å². The summed E-state index contributed by atoms with van der Waals surface area (Å²) < 4.78 is 0. The smallest absolute Gasteiger partial charge is 0.00865 e. The number of aryl methyl sites for hydroxylation is 1. The van der Waals surface area contributed by atoms with Crippen LogP contribution in [0.1, 0.15) is 10.4 Å². The van der Waals surface area contributed by atoms with Gasteiger partial charge in [0.05, 0.1) is 0 Å². The molecular formula is C9H10S. The van der Waals surface area contributed by atoms with Gasteiger partial charge in [-0.3, -0.25) is 0 Å². The minimum Gasteiger partial charge on any atom is -0.149 e. The van der Waals surface area contributed by atoms with Gasteiger partial charge in [-0.15, -0.1) is 11.3 Å². The summed E-state index contributed by atoms with van der Waals surface area (Å²) in [6, 6.07) is 2.11. The summed E-state index contributed by atoms with van der Waals surface area (Å²) in [4.78, 5) is 1.36. The van der Waals surface area contributed by atoms with Crippen molar-refractivity contribution >= 4 is 17.4 Å². The van der Waals surface area contributed by atoms with Crippen molar-refractivity contribution in [2.75, 3.05) is 0 Å². The van der Waals surface area contributed by atoms with Crippen LogP contribution in [0.3, 0.4) is 0 Å². The first kappa shape index (κ1) is 7.29. The average molecular weight is 150 g/mol. The molecule has 0 saturated carbocycles. The quantitative estimate of drug-likeness (QED) is 0.568. The van der Waals surface area contributed by atoms with Crippen molar-refractivity contribution in [3.05, 3.63) is 40.6 Å². The van der Waals surface area contributed by atoms with E-state index in [-0.39, 0.29) is 0 Å². The number of rotatable bonds is 2. The highest BCUT2D eigenvalue weighted by molar-refractivity contribution is 7.10. The molecule has 0 unspecified atom stereocenters. The monoisotopic (exact) mass is 150 g/mol. The number of hydrogen-bond acceptors (Lipinski definition) is 1. The van der Waals surface area contributed by atoms with E-state index in [1.54, 1.807) is 17.4 Å². The first-order valence-electron chi connectivity index (χ1n) is 3.18. The third-order valence-electron chi connectivity index (χ3n) is 1.31. The van der Waals surface area contributed by atoms with Crippen molar-refractivity contribution < 1.29 is 0 Å². The second-order valence-corrected chi connectivity index (χ2v) is 3.15. The molecule has 1 heterocycles. The van der Waals surface area contributed by atoms with E-state index in [4.69, 9.17) is 0 Å². The lowest BCUT2D eigenvalue weighted by Crippen LogP contribution is -1.65. The zero-order valence-electron chi connectivity index (χ0n) is 6.00. The summed E-state index contributed by atoms with van der Waals surface area (Å²) >= 11 is 1.77. The molecule has 1 rings (SSSR count). The van der Waals surface area contributed by atoms with Crippen LogP contribution < -0.4 is 0 Å². The molecule has 0 spiro atoms. The molecule has 0 radical (unpaired) electrons. The molecule has 1 aromatic rings. The van der Waals surface area contributed by atoms with Crippen LogP contribution in [0.5, 0.6) is 0 Å². The van der Waals surface area contributed by atoms with Crippen LogP contribution in [0.25, 0.3) is 6.08 Å². The maximum absolute atomic E-state index is 3.61. The van der Waals surface area contributed by atoms with Gasteiger partial charge in [-0.1, -0.05) is 24.8 Å². The summed E-state index contributed by atoms with van der Waals surface area (Å²) in [5, 5.41) is 2.10. The van der Waals surface area contributed by atoms with Gasteiger partial charge < -0.3 is 0 Å². The normalized spacial score (nSPS) is 10.5. The van der Waals surface area contributed by atoms with Crippen molar-refractivity contribution in [1.82, 2.24) is 0 Å². The summed E-state index contributed by atoms with van der Waals surface area (Å²) in [6.07, 6.45) is 5.81. The van der Waals surface area contributed by atoms with E-state index >= 15 is 0 Å². The van der Waals surface area contributed by atoms with Crippen molar-refractivity contribution in [1.29, 1.82) is 0 Å². The van der Waals surface area contributed by atoms with Crippen LogP contribution >= 0.6 is 11.3 Å². The maximum atomic E-state index is 3.61. The predicted molar refractivity (Wildman–Crippen MR) is 48.3 cm³/mol. The Balaban J connectivity index is 2.83. The Morgan fingerprint density at radius 3 is 2.90 bits per heavy atom. The molecule has 0 N–H and O–H groups in total. The Kier molecular flexibility index (Phi) is 2.46. The van der Waals surface area contributed by atoms with Gasteiger partial charge in [0.2, 0.25) is 0 Å². The highest BCUT2D eigenvalue weighted by atomic mass is 32.1. The van der Waals surface area contributed by atoms with Crippen LogP contribution in [0.2, 0.25) is 0 Å². The first-order chi connectivity index (χ1) is 4.84. The summed E-state index contributed by atoms with van der Waals surface area (Å²) in [6.45, 7) is 5.72. The van der Waals surface area contributed by atoms with Gasteiger partial charge in [0, 0.05) is 4.88 Å². The Morgan fingerprint density at radius 2 is 2.40 bits per heavy atom. The average Bonchev–Trinajstić information content (AvgIpc) is 2.31. The SMILES string of the molecule is C=C/C=C\c1ccsc1C. The molecule has 0 aliphatic heterocycles. The molecule has 1 aromatic heterocycles. The van der Waals surface area contributed by atoms with Crippen molar-refractivity contribution in [3.63, 3.8) is 0 Å². The van der Waals surface area contributed by atoms with Crippen LogP contribution in [0.15, 0.2) is 30.2 Å². The molecule has 0 fully saturated rings. The van der Waals surface area contributed by atoms with E-state index in [1.165, 1.54) is 10.4 Å². The summed E-state index contributed by atoms with van der Waals surface area (Å²) in [5.41, 5.74) is 1.30. The van der Waals surface area contributed by atoms with E-state index in [0.717, 1.165) is 0 Å². The second-order valence-electron chi connectivity index (χ2n) is 2.03. The van der Waals surface area contributed by atoms with Gasteiger partial charge in [-0.25, -0.2) is 0 Å². The van der Waals surface area contributed by atoms with Gasteiger partial charge in [0.15, 0.2) is 0 Å². The Bertz CT molecular complexity index is 243. The molecule has 0 aromatic carbocycles. The molecule has 1 heteroatoms. The fourth-order valence-electron chi connectivity index (χ4n) is 0.739. The molecule has 0 nitrogen and oxygen atoms in total. The third kappa shape index (κ3) is 1.58. The molecule has 0 aliphatic carbocycles. The molecule has 10 heavy (non-hydrogen) atoms. The van der Waals surface area contributed by atoms with Gasteiger partial charge in [0.1, 0.15) is 0 Å². The van der Waals surface area contributed by atoms with E-state index in [9.17, 15) is 0 Å². The summed E-state index contributed by atoms with van der Waals surface area (Å²) in [7, 11) is 0. The fourth-order valence-corrected chi connectivity index (χ4v) is 1.43. The van der Waals surface area contributed by atoms with E-state index in [1.807, 2.05) is 6.08 Å². The highest BCUT2D eigenvalue weighted by Crippen LogP contribution is 2.15. The van der Waals surface area contributed by atoms with E-state index in [0.29, 0.717) is 0 Å². The Labute approximate surface area is 65.5 Å². The van der Waals surface area contributed by atoms with Crippen LogP contribution in [0, 0.1) is 6.92 Å². The van der Waals surface area contributed by atoms with Gasteiger partial charge in [-0.05, 0) is 23.9 Å². The Morgan fingerprint density at radius 1 is 1.60 bits per heavy atom. The van der Waals surface area contributed by atoms with Crippen LogP contribution in [0.4, 0.5) is 0 Å². The van der Waals surface area contributed by atoms with Gasteiger partial charge >= 0.3 is 0 Å². The van der Waals surface area contributed by atoms with Crippen molar-refractivity contribution in [2.24, 2.45) is 0 Å². The molecule has 0 amide bonds. The number of hydrogen-bond donors (Lipinski definition) is 0. The lowest BCUT2D eigenvalue weighted by atomic mass is 10.2. The first-order valence-corrected chi connectivity index (χ1v) is 4.06. The van der Waals surface area contributed by atoms with Crippen LogP contribution in [-0.4, -0.2) is 0 Å². The lowest BCUT2D eigenvalue weighted by Gasteiger charge is -1.85. The molecule has 52 valence electrons. The number of allylic oxidation sites excluding steroid dienone is 2. The Hall–Kier alpha value is -0.820. The minimum atomic E-state index is 1.30.